The third-order valence-electron chi connectivity index (χ3n) is 32.3. The third-order valence-corrected chi connectivity index (χ3v) is 118. The van der Waals surface area contributed by atoms with Crippen LogP contribution in [0.25, 0.3) is 0 Å². The van der Waals surface area contributed by atoms with Gasteiger partial charge in [0.1, 0.15) is 0 Å². The summed E-state index contributed by atoms with van der Waals surface area (Å²) in [4.78, 5) is 39.0. The zero-order valence-electron chi connectivity index (χ0n) is 20.0. The number of fused-ring (bicyclic) bond motifs is 20. The fraction of sp³-hybridized carbons (Fsp3) is 0.966. The molecule has 4 nitrogen and oxygen atoms in total. The van der Waals surface area contributed by atoms with Gasteiger partial charge in [0.25, 0.3) is 0 Å². The van der Waals surface area contributed by atoms with Crippen molar-refractivity contribution in [2.24, 2.45) is 0 Å². The van der Waals surface area contributed by atoms with E-state index < -0.39 is 13.0 Å². The second-order valence-corrected chi connectivity index (χ2v) is 70.0. The zero-order chi connectivity index (χ0) is 21.5. The molecule has 20 aliphatic heterocycles. The molecule has 20 fully saturated rings. The van der Waals surface area contributed by atoms with Gasteiger partial charge in [0, 0.05) is 0 Å². The molecule has 0 aromatic rings. The number of carbonyl (C=O) groups is 1. The van der Waals surface area contributed by atoms with Gasteiger partial charge >= 0.3 is 181 Å². The first-order chi connectivity index (χ1) is 16.7. The predicted octanol–water partition coefficient (Wildman–Crippen LogP) is 6.13. The van der Waals surface area contributed by atoms with Crippen LogP contribution >= 0.6 is 0 Å². The topological polar surface area (TPSA) is 61.4 Å². The smallest absolute Gasteiger partial charge is 0.396 e. The van der Waals surface area contributed by atoms with Gasteiger partial charge in [-0.1, -0.05) is 0 Å². The maximum atomic E-state index is 13.2. The monoisotopic (exact) mass is 556 g/mol. The van der Waals surface area contributed by atoms with Crippen LogP contribution in [0.4, 0.5) is 0 Å². The molecule has 6 heteroatoms. The Morgan fingerprint density at radius 1 is 0.657 bits per heavy atom. The zero-order valence-corrected chi connectivity index (χ0v) is 22.2. The number of aliphatic hydroxyl groups is 1. The quantitative estimate of drug-likeness (QED) is 0.212. The van der Waals surface area contributed by atoms with Gasteiger partial charge in [-0.3, -0.25) is 0 Å². The minimum absolute atomic E-state index is 0.309. The van der Waals surface area contributed by atoms with Crippen LogP contribution in [-0.2, 0) is 17.8 Å². The van der Waals surface area contributed by atoms with Crippen LogP contribution < -0.4 is 10.6 Å². The summed E-state index contributed by atoms with van der Waals surface area (Å²) in [5.74, 6) is 0.329. The molecule has 0 aromatic heterocycles. The van der Waals surface area contributed by atoms with Crippen molar-refractivity contribution < 1.29 is 22.9 Å². The molecule has 20 heterocycles. The molecule has 0 aromatic carbocycles. The van der Waals surface area contributed by atoms with Crippen LogP contribution in [0, 0.1) is 0 Å². The van der Waals surface area contributed by atoms with Crippen molar-refractivity contribution in [1.29, 1.82) is 0 Å². The number of unbranched alkanes of at least 4 members (excludes halogenated alkanes) is 3. The van der Waals surface area contributed by atoms with Crippen LogP contribution in [0.15, 0.2) is 0 Å². The van der Waals surface area contributed by atoms with E-state index in [1.165, 1.54) is 86.7 Å². The van der Waals surface area contributed by atoms with Crippen LogP contribution in [0.1, 0.15) is 25.7 Å². The normalized spacial score (nSPS) is 117. The molecule has 35 heavy (non-hydrogen) atoms. The SMILES string of the molecule is O=C(CNC([C]12[CH]3[CH]4[CH]5[CH]1[Fe]45321678[CH]2[CH]1[CH]6[CH]7[CH]28)[C]12[CH]3[CH]4[CH]5[CH]1[Fe]45321678[CH]2[CH]1[CH]6[CH]7[CH]28)NCCCCCCO. The Morgan fingerprint density at radius 3 is 1.43 bits per heavy atom. The minimum Gasteiger partial charge on any atom is -0.396 e. The summed E-state index contributed by atoms with van der Waals surface area (Å²) in [5, 5.41) is 16.8. The summed E-state index contributed by atoms with van der Waals surface area (Å²) < 4.78 is 1.95. The van der Waals surface area contributed by atoms with Crippen molar-refractivity contribution in [3.8, 4) is 0 Å². The predicted molar refractivity (Wildman–Crippen MR) is 123 cm³/mol. The van der Waals surface area contributed by atoms with Crippen molar-refractivity contribution in [1.82, 2.24) is 10.6 Å². The summed E-state index contributed by atoms with van der Waals surface area (Å²) in [5.41, 5.74) is 0. The summed E-state index contributed by atoms with van der Waals surface area (Å²) >= 11 is 0. The van der Waals surface area contributed by atoms with E-state index in [1.54, 1.807) is 0 Å². The summed E-state index contributed by atoms with van der Waals surface area (Å²) in [7, 11) is 0. The Hall–Kier alpha value is 0.429. The second kappa shape index (κ2) is 1.31. The van der Waals surface area contributed by atoms with Crippen LogP contribution in [0.3, 0.4) is 0 Å². The molecule has 8 unspecified atom stereocenters. The Bertz CT molecular complexity index is 1990. The first kappa shape index (κ1) is 14.2. The molecule has 8 atom stereocenters. The molecule has 1 amide bonds. The van der Waals surface area contributed by atoms with Gasteiger partial charge in [-0.05, 0) is 0 Å². The number of aliphatic hydroxyl groups excluding tert-OH is 1. The molecule has 20 rings (SSSR count). The third kappa shape index (κ3) is 0.178. The van der Waals surface area contributed by atoms with Gasteiger partial charge in [-0.25, -0.2) is 0 Å². The Labute approximate surface area is 185 Å². The van der Waals surface area contributed by atoms with Crippen molar-refractivity contribution in [3.63, 3.8) is 0 Å². The van der Waals surface area contributed by atoms with E-state index >= 15 is 0 Å². The molecule has 20 aliphatic rings. The average molecular weight is 556 g/mol. The molecule has 2 spiro atoms. The first-order valence-corrected chi connectivity index (χ1v) is 28.3. The number of carbonyl (C=O) groups excluding carboxylic acids is 1. The second-order valence-electron chi connectivity index (χ2n) is 22.8. The molecule has 0 bridgehead atoms. The van der Waals surface area contributed by atoms with Gasteiger partial charge in [-0.15, -0.1) is 0 Å². The summed E-state index contributed by atoms with van der Waals surface area (Å²) in [6.45, 7) is -4.62. The molecule has 20 saturated heterocycles. The molecule has 190 valence electrons. The van der Waals surface area contributed by atoms with E-state index in [9.17, 15) is 4.79 Å². The van der Waals surface area contributed by atoms with E-state index in [2.05, 4.69) is 10.6 Å². The maximum absolute atomic E-state index is 13.2. The van der Waals surface area contributed by atoms with E-state index in [4.69, 9.17) is 5.11 Å². The number of hydrogen-bond donors (Lipinski definition) is 3. The molecular formula is C29H36Fe2N2O2. The van der Waals surface area contributed by atoms with Crippen LogP contribution in [0.5, 0.6) is 0 Å². The molecular weight excluding hydrogens is 520 g/mol. The number of hydrogen-bond acceptors (Lipinski definition) is 3. The van der Waals surface area contributed by atoms with Crippen LogP contribution in [0.2, 0.25) is 95.3 Å². The average Bonchev–Trinajstić information content (AvgIpc) is 3.74. The Balaban J connectivity index is 0.797. The van der Waals surface area contributed by atoms with Gasteiger partial charge in [0.05, 0.1) is 0 Å². The van der Waals surface area contributed by atoms with E-state index in [0.717, 1.165) is 46.9 Å². The molecule has 0 aliphatic carbocycles. The number of amides is 1. The van der Waals surface area contributed by atoms with E-state index in [1.807, 2.05) is 0 Å². The Morgan fingerprint density at radius 2 is 1.09 bits per heavy atom. The van der Waals surface area contributed by atoms with E-state index in [-0.39, 0.29) is 0 Å². The van der Waals surface area contributed by atoms with Gasteiger partial charge in [0.2, 0.25) is 0 Å². The van der Waals surface area contributed by atoms with Gasteiger partial charge in [0.15, 0.2) is 0 Å². The van der Waals surface area contributed by atoms with Gasteiger partial charge in [-0.2, -0.15) is 0 Å². The molecule has 0 radical (unpaired) electrons. The fourth-order valence-electron chi connectivity index (χ4n) is 36.0. The number of rotatable bonds is 11. The Kier molecular flexibility index (Phi) is 0.530. The van der Waals surface area contributed by atoms with Gasteiger partial charge < -0.3 is 5.11 Å². The first-order valence-electron chi connectivity index (χ1n) is 15.7. The minimum atomic E-state index is -3.23. The van der Waals surface area contributed by atoms with E-state index in [0.29, 0.717) is 19.1 Å². The van der Waals surface area contributed by atoms with Crippen molar-refractivity contribution in [3.05, 3.63) is 0 Å². The molecule has 3 N–H and O–H groups in total. The van der Waals surface area contributed by atoms with Crippen molar-refractivity contribution >= 4 is 5.91 Å². The molecule has 0 saturated carbocycles. The van der Waals surface area contributed by atoms with Crippen molar-refractivity contribution in [2.45, 2.75) is 127 Å². The fourth-order valence-corrected chi connectivity index (χ4v) is 186. The van der Waals surface area contributed by atoms with Crippen LogP contribution in [-0.4, -0.2) is 36.8 Å². The standard InChI is InChI=1S/C19H26N2O2.2C5H5.2Fe/c22-14-8-2-1-7-13-20-18(23)15-21-19(16-9-3-4-10-16)17-11-5-6-12-17;2*1-2-4-5-3-1;;/h3-6,9-12,19,21-22H,1-2,7-8,13-15H2,(H,20,23);2*1-5H;;. The summed E-state index contributed by atoms with van der Waals surface area (Å²) in [6, 6.07) is 0.952. The number of nitrogens with one attached hydrogen (secondary N) is 2. The summed E-state index contributed by atoms with van der Waals surface area (Å²) in [6.07, 6.45) is 4.22. The van der Waals surface area contributed by atoms with Crippen molar-refractivity contribution in [2.75, 3.05) is 19.7 Å².